The summed E-state index contributed by atoms with van der Waals surface area (Å²) >= 11 is 6.11. The summed E-state index contributed by atoms with van der Waals surface area (Å²) in [6, 6.07) is 8.37. The van der Waals surface area contributed by atoms with Crippen LogP contribution in [0, 0.1) is 5.92 Å². The van der Waals surface area contributed by atoms with Crippen molar-refractivity contribution in [2.45, 2.75) is 143 Å². The Morgan fingerprint density at radius 2 is 1.24 bits per heavy atom. The summed E-state index contributed by atoms with van der Waals surface area (Å²) in [5.74, 6) is 0.514. The van der Waals surface area contributed by atoms with E-state index in [9.17, 15) is 4.79 Å². The van der Waals surface area contributed by atoms with Gasteiger partial charge < -0.3 is 5.32 Å². The first-order valence-corrected chi connectivity index (χ1v) is 14.4. The van der Waals surface area contributed by atoms with Crippen LogP contribution in [0.4, 0.5) is 0 Å². The van der Waals surface area contributed by atoms with Gasteiger partial charge >= 0.3 is 0 Å². The third-order valence-corrected chi connectivity index (χ3v) is 7.17. The number of Topliss-reactive ketones (excluding diaryl/α,β-unsaturated/α-hetero) is 1. The fourth-order valence-corrected chi connectivity index (χ4v) is 4.82. The molecule has 1 rings (SSSR count). The molecule has 190 valence electrons. The Kier molecular flexibility index (Phi) is 17.8. The molecule has 0 spiro atoms. The van der Waals surface area contributed by atoms with Crippen LogP contribution in [0.15, 0.2) is 24.3 Å². The first kappa shape index (κ1) is 30.2. The monoisotopic (exact) mass is 477 g/mol. The van der Waals surface area contributed by atoms with Gasteiger partial charge in [-0.05, 0) is 43.4 Å². The van der Waals surface area contributed by atoms with Gasteiger partial charge in [0.25, 0.3) is 0 Å². The predicted molar refractivity (Wildman–Crippen MR) is 146 cm³/mol. The van der Waals surface area contributed by atoms with Crippen LogP contribution >= 0.6 is 11.6 Å². The van der Waals surface area contributed by atoms with E-state index in [0.717, 1.165) is 24.3 Å². The molecule has 0 fully saturated rings. The van der Waals surface area contributed by atoms with Gasteiger partial charge in [-0.15, -0.1) is 0 Å². The van der Waals surface area contributed by atoms with E-state index in [0.29, 0.717) is 11.8 Å². The highest BCUT2D eigenvalue weighted by molar-refractivity contribution is 6.30. The van der Waals surface area contributed by atoms with E-state index in [-0.39, 0.29) is 12.0 Å². The molecule has 0 saturated carbocycles. The number of carbonyl (C=O) groups excluding carboxylic acids is 1. The molecule has 0 aromatic heterocycles. The van der Waals surface area contributed by atoms with Crippen LogP contribution in [0.25, 0.3) is 0 Å². The molecule has 1 aromatic carbocycles. The maximum Gasteiger partial charge on any atom is 0.152 e. The zero-order valence-electron chi connectivity index (χ0n) is 22.1. The number of nitrogens with one attached hydrogen (secondary N) is 1. The van der Waals surface area contributed by atoms with Crippen molar-refractivity contribution in [1.82, 2.24) is 5.32 Å². The van der Waals surface area contributed by atoms with Crippen LogP contribution < -0.4 is 5.32 Å². The van der Waals surface area contributed by atoms with E-state index in [1.165, 1.54) is 89.0 Å². The SMILES string of the molecule is CCCCCCCC(CCCCC)NC(Cc1ccc(Cl)cc1)C(=O)C(C)CCCCCC. The van der Waals surface area contributed by atoms with E-state index in [1.807, 2.05) is 12.1 Å². The molecule has 0 radical (unpaired) electrons. The summed E-state index contributed by atoms with van der Waals surface area (Å²) < 4.78 is 0. The lowest BCUT2D eigenvalue weighted by Crippen LogP contribution is -2.46. The number of ketones is 1. The second-order valence-electron chi connectivity index (χ2n) is 10.1. The molecule has 3 heteroatoms. The molecule has 0 amide bonds. The summed E-state index contributed by atoms with van der Waals surface area (Å²) in [4.78, 5) is 13.6. The number of unbranched alkanes of at least 4 members (excludes halogenated alkanes) is 9. The van der Waals surface area contributed by atoms with E-state index in [4.69, 9.17) is 11.6 Å². The van der Waals surface area contributed by atoms with Gasteiger partial charge in [-0.25, -0.2) is 0 Å². The molecule has 0 heterocycles. The lowest BCUT2D eigenvalue weighted by atomic mass is 9.89. The predicted octanol–water partition coefficient (Wildman–Crippen LogP) is 9.33. The Balaban J connectivity index is 2.83. The van der Waals surface area contributed by atoms with Crippen molar-refractivity contribution in [3.8, 4) is 0 Å². The Labute approximate surface area is 210 Å². The smallest absolute Gasteiger partial charge is 0.152 e. The summed E-state index contributed by atoms with van der Waals surface area (Å²) in [5, 5.41) is 4.62. The van der Waals surface area contributed by atoms with Crippen LogP contribution in [0.1, 0.15) is 130 Å². The minimum atomic E-state index is -0.102. The van der Waals surface area contributed by atoms with Crippen LogP contribution in [0.3, 0.4) is 0 Å². The summed E-state index contributed by atoms with van der Waals surface area (Å²) in [5.41, 5.74) is 1.19. The van der Waals surface area contributed by atoms with Gasteiger partial charge in [-0.2, -0.15) is 0 Å². The first-order chi connectivity index (χ1) is 16.0. The van der Waals surface area contributed by atoms with Gasteiger partial charge in [-0.3, -0.25) is 4.79 Å². The average Bonchev–Trinajstić information content (AvgIpc) is 2.81. The second kappa shape index (κ2) is 19.4. The number of rotatable bonds is 21. The van der Waals surface area contributed by atoms with Gasteiger partial charge in [-0.1, -0.05) is 128 Å². The lowest BCUT2D eigenvalue weighted by Gasteiger charge is -2.27. The highest BCUT2D eigenvalue weighted by Crippen LogP contribution is 2.19. The van der Waals surface area contributed by atoms with Gasteiger partial charge in [0.1, 0.15) is 0 Å². The van der Waals surface area contributed by atoms with Gasteiger partial charge in [0.2, 0.25) is 0 Å². The number of benzene rings is 1. The second-order valence-corrected chi connectivity index (χ2v) is 10.5. The van der Waals surface area contributed by atoms with E-state index in [1.54, 1.807) is 0 Å². The largest absolute Gasteiger partial charge is 0.304 e. The summed E-state index contributed by atoms with van der Waals surface area (Å²) in [6.07, 6.45) is 19.3. The molecule has 0 aliphatic heterocycles. The number of carbonyl (C=O) groups is 1. The molecule has 3 unspecified atom stereocenters. The van der Waals surface area contributed by atoms with Crippen molar-refractivity contribution in [2.24, 2.45) is 5.92 Å². The van der Waals surface area contributed by atoms with Crippen LogP contribution in [0.2, 0.25) is 5.02 Å². The van der Waals surface area contributed by atoms with E-state index < -0.39 is 0 Å². The maximum absolute atomic E-state index is 13.6. The van der Waals surface area contributed by atoms with E-state index >= 15 is 0 Å². The molecule has 0 aliphatic rings. The van der Waals surface area contributed by atoms with Crippen molar-refractivity contribution in [3.63, 3.8) is 0 Å². The summed E-state index contributed by atoms with van der Waals surface area (Å²) in [7, 11) is 0. The molecular formula is C30H52ClNO. The van der Waals surface area contributed by atoms with Crippen molar-refractivity contribution in [3.05, 3.63) is 34.9 Å². The van der Waals surface area contributed by atoms with Gasteiger partial charge in [0.15, 0.2) is 5.78 Å². The minimum absolute atomic E-state index is 0.102. The average molecular weight is 478 g/mol. The molecule has 1 aromatic rings. The van der Waals surface area contributed by atoms with Crippen LogP contribution in [0.5, 0.6) is 0 Å². The first-order valence-electron chi connectivity index (χ1n) is 14.1. The Morgan fingerprint density at radius 1 is 0.758 bits per heavy atom. The molecule has 0 aliphatic carbocycles. The highest BCUT2D eigenvalue weighted by atomic mass is 35.5. The zero-order valence-corrected chi connectivity index (χ0v) is 22.9. The molecule has 3 atom stereocenters. The highest BCUT2D eigenvalue weighted by Gasteiger charge is 2.26. The Bertz CT molecular complexity index is 600. The van der Waals surface area contributed by atoms with Gasteiger partial charge in [0, 0.05) is 17.0 Å². The maximum atomic E-state index is 13.6. The van der Waals surface area contributed by atoms with E-state index in [2.05, 4.69) is 45.1 Å². The van der Waals surface area contributed by atoms with Crippen molar-refractivity contribution >= 4 is 17.4 Å². The Hall–Kier alpha value is -0.860. The molecule has 2 nitrogen and oxygen atoms in total. The molecule has 0 bridgehead atoms. The molecule has 1 N–H and O–H groups in total. The normalized spacial score (nSPS) is 14.2. The van der Waals surface area contributed by atoms with Gasteiger partial charge in [0.05, 0.1) is 6.04 Å². The number of hydrogen-bond donors (Lipinski definition) is 1. The third kappa shape index (κ3) is 14.2. The molecule has 33 heavy (non-hydrogen) atoms. The van der Waals surface area contributed by atoms with Crippen LogP contribution in [-0.4, -0.2) is 17.9 Å². The number of hydrogen-bond acceptors (Lipinski definition) is 2. The zero-order chi connectivity index (χ0) is 24.3. The van der Waals surface area contributed by atoms with Crippen molar-refractivity contribution in [2.75, 3.05) is 0 Å². The quantitative estimate of drug-likeness (QED) is 0.179. The fraction of sp³-hybridized carbons (Fsp3) is 0.767. The molecular weight excluding hydrogens is 426 g/mol. The van der Waals surface area contributed by atoms with Crippen LogP contribution in [-0.2, 0) is 11.2 Å². The minimum Gasteiger partial charge on any atom is -0.304 e. The van der Waals surface area contributed by atoms with Crippen molar-refractivity contribution in [1.29, 1.82) is 0 Å². The summed E-state index contributed by atoms with van der Waals surface area (Å²) in [6.45, 7) is 8.91. The molecule has 0 saturated heterocycles. The number of halogens is 1. The van der Waals surface area contributed by atoms with Crippen molar-refractivity contribution < 1.29 is 4.79 Å². The third-order valence-electron chi connectivity index (χ3n) is 6.92. The standard InChI is InChI=1S/C30H52ClNO/c1-5-8-11-13-16-19-28(18-14-10-7-3)32-29(24-26-20-22-27(31)23-21-26)30(33)25(4)17-15-12-9-6-2/h20-23,25,28-29,32H,5-19,24H2,1-4H3. The topological polar surface area (TPSA) is 29.1 Å². The Morgan fingerprint density at radius 3 is 1.85 bits per heavy atom. The lowest BCUT2D eigenvalue weighted by molar-refractivity contribution is -0.125. The fourth-order valence-electron chi connectivity index (χ4n) is 4.69.